The number of aromatic nitrogens is 1. The number of benzene rings is 2. The van der Waals surface area contributed by atoms with Gasteiger partial charge in [-0.05, 0) is 31.0 Å². The molecule has 1 aliphatic rings. The van der Waals surface area contributed by atoms with Gasteiger partial charge in [0.05, 0.1) is 22.3 Å². The molecule has 1 aliphatic heterocycles. The fourth-order valence-electron chi connectivity index (χ4n) is 3.54. The molecule has 3 amide bonds. The number of hydrazine groups is 1. The molecule has 0 saturated carbocycles. The third kappa shape index (κ3) is 2.74. The molecule has 0 atom stereocenters. The Balaban J connectivity index is 1.78. The molecule has 0 unspecified atom stereocenters. The van der Waals surface area contributed by atoms with Crippen molar-refractivity contribution in [3.8, 4) is 0 Å². The van der Waals surface area contributed by atoms with Gasteiger partial charge in [0.1, 0.15) is 0 Å². The predicted octanol–water partition coefficient (Wildman–Crippen LogP) is 3.44. The Bertz CT molecular complexity index is 1140. The summed E-state index contributed by atoms with van der Waals surface area (Å²) in [7, 11) is 0. The number of pyridine rings is 1. The van der Waals surface area contributed by atoms with Crippen molar-refractivity contribution in [2.75, 3.05) is 0 Å². The number of para-hydroxylation sites is 1. The standard InChI is InChI=1S/C22H19N3O3/c1-3-8-17-19-18(15-11-6-7-12-16(15)23-17)21(27)25(22(19)28)24-20(26)14-10-5-4-9-13(14)2/h4-7,9-12H,3,8H2,1-2H3,(H,24,26). The van der Waals surface area contributed by atoms with E-state index in [0.29, 0.717) is 34.1 Å². The molecule has 1 aromatic heterocycles. The molecule has 2 heterocycles. The first-order valence-corrected chi connectivity index (χ1v) is 9.20. The minimum atomic E-state index is -0.538. The Hall–Kier alpha value is -3.54. The normalized spacial score (nSPS) is 13.1. The van der Waals surface area contributed by atoms with E-state index in [1.54, 1.807) is 37.3 Å². The van der Waals surface area contributed by atoms with E-state index in [-0.39, 0.29) is 5.56 Å². The molecule has 0 fully saturated rings. The van der Waals surface area contributed by atoms with Crippen LogP contribution in [-0.2, 0) is 6.42 Å². The van der Waals surface area contributed by atoms with Gasteiger partial charge in [0, 0.05) is 10.9 Å². The first kappa shape index (κ1) is 17.9. The van der Waals surface area contributed by atoms with E-state index >= 15 is 0 Å². The number of carbonyl (C=O) groups excluding carboxylic acids is 3. The smallest absolute Gasteiger partial charge is 0.267 e. The topological polar surface area (TPSA) is 79.4 Å². The Morgan fingerprint density at radius 2 is 1.68 bits per heavy atom. The first-order valence-electron chi connectivity index (χ1n) is 9.20. The van der Waals surface area contributed by atoms with Crippen molar-refractivity contribution in [1.82, 2.24) is 15.4 Å². The van der Waals surface area contributed by atoms with E-state index < -0.39 is 17.7 Å². The molecule has 28 heavy (non-hydrogen) atoms. The van der Waals surface area contributed by atoms with Gasteiger partial charge in [0.2, 0.25) is 0 Å². The third-order valence-electron chi connectivity index (χ3n) is 4.89. The average Bonchev–Trinajstić information content (AvgIpc) is 2.94. The zero-order valence-electron chi connectivity index (χ0n) is 15.7. The fraction of sp³-hybridized carbons (Fsp3) is 0.182. The lowest BCUT2D eigenvalue weighted by atomic mass is 10.0. The molecule has 0 saturated heterocycles. The summed E-state index contributed by atoms with van der Waals surface area (Å²) in [5.41, 5.74) is 5.50. The second kappa shape index (κ2) is 6.88. The Kier molecular flexibility index (Phi) is 4.39. The number of hydrogen-bond donors (Lipinski definition) is 1. The number of nitrogens with one attached hydrogen (secondary N) is 1. The van der Waals surface area contributed by atoms with E-state index in [0.717, 1.165) is 17.0 Å². The van der Waals surface area contributed by atoms with Gasteiger partial charge in [0.25, 0.3) is 17.7 Å². The maximum Gasteiger partial charge on any atom is 0.282 e. The van der Waals surface area contributed by atoms with Crippen LogP contribution in [0.1, 0.15) is 55.7 Å². The van der Waals surface area contributed by atoms with Crippen molar-refractivity contribution in [2.45, 2.75) is 26.7 Å². The molecule has 1 N–H and O–H groups in total. The number of rotatable bonds is 4. The van der Waals surface area contributed by atoms with Crippen LogP contribution in [0.4, 0.5) is 0 Å². The molecule has 0 spiro atoms. The summed E-state index contributed by atoms with van der Waals surface area (Å²) in [5, 5.41) is 1.43. The largest absolute Gasteiger partial charge is 0.282 e. The fourth-order valence-corrected chi connectivity index (χ4v) is 3.54. The molecule has 2 aromatic carbocycles. The van der Waals surface area contributed by atoms with Gasteiger partial charge in [-0.2, -0.15) is 5.01 Å². The second-order valence-electron chi connectivity index (χ2n) is 6.78. The number of hydrogen-bond acceptors (Lipinski definition) is 4. The van der Waals surface area contributed by atoms with Gasteiger partial charge in [-0.25, -0.2) is 0 Å². The lowest BCUT2D eigenvalue weighted by Gasteiger charge is -2.16. The third-order valence-corrected chi connectivity index (χ3v) is 4.89. The molecule has 6 nitrogen and oxygen atoms in total. The van der Waals surface area contributed by atoms with Crippen LogP contribution in [-0.4, -0.2) is 27.7 Å². The SMILES string of the molecule is CCCc1nc2ccccc2c2c1C(=O)N(NC(=O)c1ccccc1C)C2=O. The molecule has 0 bridgehead atoms. The molecule has 3 aromatic rings. The van der Waals surface area contributed by atoms with Crippen LogP contribution in [0, 0.1) is 6.92 Å². The molecule has 140 valence electrons. The van der Waals surface area contributed by atoms with Crippen molar-refractivity contribution < 1.29 is 14.4 Å². The highest BCUT2D eigenvalue weighted by Gasteiger charge is 2.41. The van der Waals surface area contributed by atoms with Gasteiger partial charge >= 0.3 is 0 Å². The molecule has 0 radical (unpaired) electrons. The zero-order chi connectivity index (χ0) is 19.8. The van der Waals surface area contributed by atoms with Crippen molar-refractivity contribution >= 4 is 28.6 Å². The minimum Gasteiger partial charge on any atom is -0.267 e. The summed E-state index contributed by atoms with van der Waals surface area (Å²) in [6, 6.07) is 14.3. The summed E-state index contributed by atoms with van der Waals surface area (Å²) in [6.45, 7) is 3.79. The molecule has 0 aliphatic carbocycles. The van der Waals surface area contributed by atoms with Gasteiger partial charge < -0.3 is 0 Å². The Labute approximate surface area is 162 Å². The van der Waals surface area contributed by atoms with Crippen molar-refractivity contribution in [3.63, 3.8) is 0 Å². The minimum absolute atomic E-state index is 0.288. The van der Waals surface area contributed by atoms with Crippen LogP contribution >= 0.6 is 0 Å². The van der Waals surface area contributed by atoms with E-state index in [4.69, 9.17) is 0 Å². The average molecular weight is 373 g/mol. The van der Waals surface area contributed by atoms with Gasteiger partial charge in [-0.3, -0.25) is 24.8 Å². The van der Waals surface area contributed by atoms with Gasteiger partial charge in [-0.1, -0.05) is 49.7 Å². The van der Waals surface area contributed by atoms with Gasteiger partial charge in [-0.15, -0.1) is 0 Å². The van der Waals surface area contributed by atoms with Crippen molar-refractivity contribution in [1.29, 1.82) is 0 Å². The predicted molar refractivity (Wildman–Crippen MR) is 105 cm³/mol. The highest BCUT2D eigenvalue weighted by molar-refractivity contribution is 6.27. The maximum absolute atomic E-state index is 13.1. The Morgan fingerprint density at radius 3 is 2.43 bits per heavy atom. The number of amides is 3. The second-order valence-corrected chi connectivity index (χ2v) is 6.78. The Morgan fingerprint density at radius 1 is 1.00 bits per heavy atom. The maximum atomic E-state index is 13.1. The van der Waals surface area contributed by atoms with Crippen LogP contribution in [0.25, 0.3) is 10.9 Å². The van der Waals surface area contributed by atoms with E-state index in [2.05, 4.69) is 10.4 Å². The molecular formula is C22H19N3O3. The number of imide groups is 1. The summed E-state index contributed by atoms with van der Waals surface area (Å²) in [6.07, 6.45) is 1.36. The van der Waals surface area contributed by atoms with Crippen LogP contribution in [0.2, 0.25) is 0 Å². The highest BCUT2D eigenvalue weighted by atomic mass is 16.2. The first-order chi connectivity index (χ1) is 13.5. The van der Waals surface area contributed by atoms with E-state index in [1.165, 1.54) is 0 Å². The number of aryl methyl sites for hydroxylation is 2. The highest BCUT2D eigenvalue weighted by Crippen LogP contribution is 2.31. The van der Waals surface area contributed by atoms with E-state index in [1.807, 2.05) is 25.1 Å². The number of carbonyl (C=O) groups is 3. The van der Waals surface area contributed by atoms with Gasteiger partial charge in [0.15, 0.2) is 0 Å². The molecule has 6 heteroatoms. The summed E-state index contributed by atoms with van der Waals surface area (Å²) in [4.78, 5) is 43.4. The van der Waals surface area contributed by atoms with E-state index in [9.17, 15) is 14.4 Å². The van der Waals surface area contributed by atoms with Crippen LogP contribution in [0.15, 0.2) is 48.5 Å². The summed E-state index contributed by atoms with van der Waals surface area (Å²) in [5.74, 6) is -1.57. The summed E-state index contributed by atoms with van der Waals surface area (Å²) >= 11 is 0. The van der Waals surface area contributed by atoms with Crippen molar-refractivity contribution in [2.24, 2.45) is 0 Å². The zero-order valence-corrected chi connectivity index (χ0v) is 15.7. The number of fused-ring (bicyclic) bond motifs is 3. The number of nitrogens with zero attached hydrogens (tertiary/aromatic N) is 2. The molecule has 4 rings (SSSR count). The van der Waals surface area contributed by atoms with Crippen LogP contribution < -0.4 is 5.43 Å². The monoisotopic (exact) mass is 373 g/mol. The lowest BCUT2D eigenvalue weighted by Crippen LogP contribution is -2.46. The lowest BCUT2D eigenvalue weighted by molar-refractivity contribution is 0.0518. The summed E-state index contributed by atoms with van der Waals surface area (Å²) < 4.78 is 0. The van der Waals surface area contributed by atoms with Crippen molar-refractivity contribution in [3.05, 3.63) is 76.5 Å². The van der Waals surface area contributed by atoms with Crippen LogP contribution in [0.5, 0.6) is 0 Å². The quantitative estimate of drug-likeness (QED) is 0.711. The molecular weight excluding hydrogens is 354 g/mol. The van der Waals surface area contributed by atoms with Crippen LogP contribution in [0.3, 0.4) is 0 Å².